The molecule has 1 unspecified atom stereocenters. The molecule has 1 atom stereocenters. The molecule has 4 aromatic rings. The molecule has 212 valence electrons. The van der Waals surface area contributed by atoms with Crippen LogP contribution in [0.3, 0.4) is 0 Å². The molecule has 1 N–H and O–H groups in total. The number of hydrogen-bond donors (Lipinski definition) is 1. The zero-order chi connectivity index (χ0) is 28.7. The second-order valence-electron chi connectivity index (χ2n) is 10.4. The van der Waals surface area contributed by atoms with E-state index in [9.17, 15) is 9.00 Å². The van der Waals surface area contributed by atoms with E-state index in [0.29, 0.717) is 44.2 Å². The van der Waals surface area contributed by atoms with E-state index in [0.717, 1.165) is 38.9 Å². The Morgan fingerprint density at radius 2 is 1.88 bits per heavy atom. The van der Waals surface area contributed by atoms with Gasteiger partial charge in [-0.25, -0.2) is 8.51 Å². The van der Waals surface area contributed by atoms with Crippen LogP contribution >= 0.6 is 0 Å². The van der Waals surface area contributed by atoms with Gasteiger partial charge in [0.2, 0.25) is 0 Å². The van der Waals surface area contributed by atoms with Crippen molar-refractivity contribution in [3.05, 3.63) is 72.2 Å². The average Bonchev–Trinajstić information content (AvgIpc) is 3.46. The van der Waals surface area contributed by atoms with Gasteiger partial charge in [-0.3, -0.25) is 9.67 Å². The Bertz CT molecular complexity index is 1470. The first kappa shape index (κ1) is 29.4. The maximum absolute atomic E-state index is 13.0. The topological polar surface area (TPSA) is 98.6 Å². The normalized spacial score (nSPS) is 14.7. The highest BCUT2D eigenvalue weighted by molar-refractivity contribution is 7.82. The average molecular weight is 564 g/mol. The highest BCUT2D eigenvalue weighted by Gasteiger charge is 2.19. The molecule has 1 saturated heterocycles. The Balaban J connectivity index is 0.000000283. The highest BCUT2D eigenvalue weighted by atomic mass is 32.2. The van der Waals surface area contributed by atoms with Gasteiger partial charge in [0.25, 0.3) is 0 Å². The number of carbonyl (C=O) groups excluding carboxylic acids is 1. The van der Waals surface area contributed by atoms with Gasteiger partial charge in [-0.05, 0) is 69.2 Å². The van der Waals surface area contributed by atoms with Crippen LogP contribution in [0.1, 0.15) is 31.9 Å². The van der Waals surface area contributed by atoms with E-state index in [2.05, 4.69) is 36.2 Å². The third kappa shape index (κ3) is 7.32. The first-order chi connectivity index (χ1) is 19.2. The summed E-state index contributed by atoms with van der Waals surface area (Å²) in [6, 6.07) is 13.1. The van der Waals surface area contributed by atoms with Crippen LogP contribution in [0.2, 0.25) is 0 Å². The minimum Gasteiger partial charge on any atom is -0.456 e. The molecule has 10 heteroatoms. The molecule has 1 fully saturated rings. The van der Waals surface area contributed by atoms with Crippen LogP contribution in [0, 0.1) is 6.92 Å². The lowest BCUT2D eigenvalue weighted by atomic mass is 10.1. The largest absolute Gasteiger partial charge is 0.456 e. The molecular weight excluding hydrogens is 526 g/mol. The third-order valence-electron chi connectivity index (χ3n) is 6.42. The van der Waals surface area contributed by atoms with Gasteiger partial charge in [0.1, 0.15) is 28.8 Å². The summed E-state index contributed by atoms with van der Waals surface area (Å²) in [6.07, 6.45) is 6.80. The third-order valence-corrected chi connectivity index (χ3v) is 7.91. The van der Waals surface area contributed by atoms with Gasteiger partial charge in [0.05, 0.1) is 41.0 Å². The number of anilines is 1. The summed E-state index contributed by atoms with van der Waals surface area (Å²) < 4.78 is 28.3. The van der Waals surface area contributed by atoms with Gasteiger partial charge in [-0.15, -0.1) is 0 Å². The number of carbonyl (C=O) groups is 1. The number of nitrogens with zero attached hydrogens (tertiary/aromatic N) is 4. The van der Waals surface area contributed by atoms with Crippen molar-refractivity contribution in [3.63, 3.8) is 0 Å². The van der Waals surface area contributed by atoms with Gasteiger partial charge < -0.3 is 19.6 Å². The van der Waals surface area contributed by atoms with Crippen molar-refractivity contribution < 1.29 is 18.5 Å². The highest BCUT2D eigenvalue weighted by Crippen LogP contribution is 2.32. The van der Waals surface area contributed by atoms with Gasteiger partial charge in [-0.1, -0.05) is 12.1 Å². The van der Waals surface area contributed by atoms with E-state index in [4.69, 9.17) is 9.47 Å². The monoisotopic (exact) mass is 563 g/mol. The molecule has 0 bridgehead atoms. The summed E-state index contributed by atoms with van der Waals surface area (Å²) >= 11 is 0. The molecule has 2 aromatic carbocycles. The summed E-state index contributed by atoms with van der Waals surface area (Å²) in [5, 5.41) is 8.06. The quantitative estimate of drug-likeness (QED) is 0.312. The fraction of sp³-hybridized carbons (Fsp3) is 0.367. The number of benzene rings is 2. The van der Waals surface area contributed by atoms with Crippen LogP contribution in [0.15, 0.2) is 66.0 Å². The van der Waals surface area contributed by atoms with E-state index in [1.807, 2.05) is 77.8 Å². The smallest absolute Gasteiger partial charge is 0.138 e. The number of aldehydes is 1. The first-order valence-corrected chi connectivity index (χ1v) is 14.4. The SMILES string of the molecule is CNc1cnn(C(C)(C)C)c1.Cc1cc(CC=O)ccc1Oc1ccnc2ccc(S(=O)N3CCOCC3)cc12. The van der Waals surface area contributed by atoms with E-state index < -0.39 is 11.0 Å². The minimum absolute atomic E-state index is 0.0785. The van der Waals surface area contributed by atoms with Crippen molar-refractivity contribution in [2.24, 2.45) is 0 Å². The summed E-state index contributed by atoms with van der Waals surface area (Å²) in [5.74, 6) is 1.37. The summed E-state index contributed by atoms with van der Waals surface area (Å²) in [7, 11) is 0.639. The number of aromatic nitrogens is 3. The second-order valence-corrected chi connectivity index (χ2v) is 11.9. The van der Waals surface area contributed by atoms with Crippen LogP contribution in [-0.4, -0.2) is 62.9 Å². The Kier molecular flexibility index (Phi) is 9.67. The Hall–Kier alpha value is -3.60. The number of fused-ring (bicyclic) bond motifs is 1. The number of hydrogen-bond acceptors (Lipinski definition) is 7. The number of nitrogens with one attached hydrogen (secondary N) is 1. The molecule has 5 rings (SSSR count). The van der Waals surface area contributed by atoms with E-state index in [1.54, 1.807) is 6.20 Å². The molecule has 9 nitrogen and oxygen atoms in total. The molecule has 0 aliphatic carbocycles. The summed E-state index contributed by atoms with van der Waals surface area (Å²) in [6.45, 7) is 10.8. The fourth-order valence-electron chi connectivity index (χ4n) is 4.15. The lowest BCUT2D eigenvalue weighted by molar-refractivity contribution is -0.107. The molecule has 1 aliphatic heterocycles. The standard InChI is InChI=1S/C22H22N2O4S.C8H15N3/c1-16-14-17(7-11-25)2-5-21(16)28-22-6-8-23-20-4-3-18(15-19(20)22)29(26)24-9-12-27-13-10-24;1-8(2,3)11-6-7(9-4)5-10-11/h2-6,8,11,14-15H,7,9-10,12-13H2,1H3;5-6,9H,1-4H3. The summed E-state index contributed by atoms with van der Waals surface area (Å²) in [4.78, 5) is 15.9. The second kappa shape index (κ2) is 13.2. The lowest BCUT2D eigenvalue weighted by Gasteiger charge is -2.25. The maximum atomic E-state index is 13.0. The van der Waals surface area contributed by atoms with Crippen molar-refractivity contribution >= 4 is 33.9 Å². The van der Waals surface area contributed by atoms with Gasteiger partial charge in [0, 0.05) is 44.3 Å². The van der Waals surface area contributed by atoms with Crippen molar-refractivity contribution in [1.29, 1.82) is 0 Å². The van der Waals surface area contributed by atoms with Gasteiger partial charge >= 0.3 is 0 Å². The first-order valence-electron chi connectivity index (χ1n) is 13.3. The molecule has 1 aliphatic rings. The predicted octanol–water partition coefficient (Wildman–Crippen LogP) is 5.11. The van der Waals surface area contributed by atoms with Crippen LogP contribution in [0.5, 0.6) is 11.5 Å². The fourth-order valence-corrected chi connectivity index (χ4v) is 5.33. The van der Waals surface area contributed by atoms with Crippen LogP contribution < -0.4 is 10.1 Å². The number of pyridine rings is 1. The molecule has 3 heterocycles. The lowest BCUT2D eigenvalue weighted by Crippen LogP contribution is -2.37. The Labute approximate surface area is 238 Å². The zero-order valence-electron chi connectivity index (χ0n) is 23.7. The molecule has 0 saturated carbocycles. The predicted molar refractivity (Wildman–Crippen MR) is 158 cm³/mol. The Morgan fingerprint density at radius 3 is 2.50 bits per heavy atom. The molecule has 2 aromatic heterocycles. The van der Waals surface area contributed by atoms with Crippen molar-refractivity contribution in [3.8, 4) is 11.5 Å². The molecule has 40 heavy (non-hydrogen) atoms. The maximum Gasteiger partial charge on any atom is 0.138 e. The van der Waals surface area contributed by atoms with E-state index in [-0.39, 0.29) is 5.54 Å². The number of aryl methyl sites for hydroxylation is 1. The number of ether oxygens (including phenoxy) is 2. The molecule has 0 amide bonds. The van der Waals surface area contributed by atoms with Gasteiger partial charge in [0.15, 0.2) is 0 Å². The Morgan fingerprint density at radius 1 is 1.10 bits per heavy atom. The van der Waals surface area contributed by atoms with Crippen molar-refractivity contribution in [2.75, 3.05) is 38.7 Å². The summed E-state index contributed by atoms with van der Waals surface area (Å²) in [5.41, 5.74) is 3.81. The van der Waals surface area contributed by atoms with Crippen molar-refractivity contribution in [2.45, 2.75) is 44.6 Å². The zero-order valence-corrected chi connectivity index (χ0v) is 24.5. The van der Waals surface area contributed by atoms with Crippen LogP contribution in [-0.2, 0) is 32.5 Å². The van der Waals surface area contributed by atoms with Gasteiger partial charge in [-0.2, -0.15) is 5.10 Å². The number of rotatable bonds is 7. The van der Waals surface area contributed by atoms with Crippen LogP contribution in [0.25, 0.3) is 10.9 Å². The van der Waals surface area contributed by atoms with E-state index >= 15 is 0 Å². The molecule has 0 radical (unpaired) electrons. The van der Waals surface area contributed by atoms with Crippen LogP contribution in [0.4, 0.5) is 5.69 Å². The molecule has 0 spiro atoms. The minimum atomic E-state index is -1.25. The van der Waals surface area contributed by atoms with Crippen molar-refractivity contribution in [1.82, 2.24) is 19.1 Å². The molecular formula is C30H37N5O4S. The number of morpholine rings is 1. The van der Waals surface area contributed by atoms with E-state index in [1.165, 1.54) is 0 Å².